The molecule has 0 atom stereocenters. The van der Waals surface area contributed by atoms with Crippen LogP contribution in [-0.2, 0) is 23.1 Å². The first-order chi connectivity index (χ1) is 7.84. The van der Waals surface area contributed by atoms with Crippen LogP contribution in [0.3, 0.4) is 0 Å². The van der Waals surface area contributed by atoms with Gasteiger partial charge in [-0.05, 0) is 19.3 Å². The number of carboxylic acids is 1. The molecule has 0 saturated carbocycles. The number of hydrogen-bond acceptors (Lipinski definition) is 3. The number of rotatable bonds is 5. The van der Waals surface area contributed by atoms with Crippen LogP contribution in [-0.4, -0.2) is 16.1 Å². The smallest absolute Gasteiger partial charge is 0.303 e. The SMILES string of the molecule is CCCc1nc(C(C)(C)C)c(CCC(=O)O)s1. The molecule has 17 heavy (non-hydrogen) atoms. The van der Waals surface area contributed by atoms with E-state index >= 15 is 0 Å². The van der Waals surface area contributed by atoms with E-state index in [0.29, 0.717) is 6.42 Å². The van der Waals surface area contributed by atoms with Crippen LogP contribution in [0.4, 0.5) is 0 Å². The third-order valence-electron chi connectivity index (χ3n) is 2.48. The number of nitrogens with zero attached hydrogens (tertiary/aromatic N) is 1. The van der Waals surface area contributed by atoms with Crippen LogP contribution in [0.25, 0.3) is 0 Å². The van der Waals surface area contributed by atoms with E-state index in [1.807, 2.05) is 0 Å². The topological polar surface area (TPSA) is 50.2 Å². The van der Waals surface area contributed by atoms with Gasteiger partial charge in [-0.3, -0.25) is 4.79 Å². The van der Waals surface area contributed by atoms with E-state index < -0.39 is 5.97 Å². The van der Waals surface area contributed by atoms with E-state index in [9.17, 15) is 4.79 Å². The molecule has 0 aliphatic heterocycles. The van der Waals surface area contributed by atoms with Crippen molar-refractivity contribution in [1.29, 1.82) is 0 Å². The molecule has 1 aromatic rings. The van der Waals surface area contributed by atoms with Crippen molar-refractivity contribution in [2.45, 2.75) is 58.8 Å². The Labute approximate surface area is 107 Å². The van der Waals surface area contributed by atoms with Gasteiger partial charge in [-0.25, -0.2) is 4.98 Å². The van der Waals surface area contributed by atoms with E-state index in [1.54, 1.807) is 11.3 Å². The van der Waals surface area contributed by atoms with E-state index in [-0.39, 0.29) is 11.8 Å². The third kappa shape index (κ3) is 4.11. The van der Waals surface area contributed by atoms with Gasteiger partial charge in [-0.15, -0.1) is 11.3 Å². The summed E-state index contributed by atoms with van der Waals surface area (Å²) in [6, 6.07) is 0. The van der Waals surface area contributed by atoms with Crippen molar-refractivity contribution < 1.29 is 9.90 Å². The molecule has 0 aliphatic rings. The molecule has 1 heterocycles. The Hall–Kier alpha value is -0.900. The molecule has 96 valence electrons. The standard InChI is InChI=1S/C13H21NO2S/c1-5-6-10-14-12(13(2,3)4)9(17-10)7-8-11(15)16/h5-8H2,1-4H3,(H,15,16). The van der Waals surface area contributed by atoms with Crippen LogP contribution >= 0.6 is 11.3 Å². The van der Waals surface area contributed by atoms with Gasteiger partial charge in [0.15, 0.2) is 0 Å². The predicted molar refractivity (Wildman–Crippen MR) is 70.8 cm³/mol. The summed E-state index contributed by atoms with van der Waals surface area (Å²) < 4.78 is 0. The maximum absolute atomic E-state index is 10.7. The highest BCUT2D eigenvalue weighted by molar-refractivity contribution is 7.11. The van der Waals surface area contributed by atoms with Crippen LogP contribution in [0.5, 0.6) is 0 Å². The van der Waals surface area contributed by atoms with Gasteiger partial charge in [0.2, 0.25) is 0 Å². The molecule has 1 rings (SSSR count). The second kappa shape index (κ2) is 5.63. The van der Waals surface area contributed by atoms with Crippen molar-refractivity contribution >= 4 is 17.3 Å². The minimum absolute atomic E-state index is 0.00364. The van der Waals surface area contributed by atoms with Gasteiger partial charge in [-0.1, -0.05) is 27.7 Å². The molecule has 0 amide bonds. The normalized spacial score (nSPS) is 11.8. The molecule has 1 N–H and O–H groups in total. The number of carboxylic acid groups (broad SMARTS) is 1. The van der Waals surface area contributed by atoms with Gasteiger partial charge in [0.1, 0.15) is 0 Å². The van der Waals surface area contributed by atoms with Crippen molar-refractivity contribution in [3.63, 3.8) is 0 Å². The van der Waals surface area contributed by atoms with Crippen molar-refractivity contribution in [2.75, 3.05) is 0 Å². The van der Waals surface area contributed by atoms with Crippen LogP contribution in [0, 0.1) is 0 Å². The summed E-state index contributed by atoms with van der Waals surface area (Å²) in [5, 5.41) is 9.90. The second-order valence-electron chi connectivity index (χ2n) is 5.27. The third-order valence-corrected chi connectivity index (χ3v) is 3.66. The number of aryl methyl sites for hydroxylation is 2. The summed E-state index contributed by atoms with van der Waals surface area (Å²) in [6.07, 6.45) is 2.86. The van der Waals surface area contributed by atoms with Crippen LogP contribution in [0.1, 0.15) is 56.1 Å². The minimum atomic E-state index is -0.740. The van der Waals surface area contributed by atoms with E-state index in [1.165, 1.54) is 0 Å². The van der Waals surface area contributed by atoms with Crippen molar-refractivity contribution in [2.24, 2.45) is 0 Å². The largest absolute Gasteiger partial charge is 0.481 e. The molecular weight excluding hydrogens is 234 g/mol. The summed E-state index contributed by atoms with van der Waals surface area (Å²) in [4.78, 5) is 16.5. The van der Waals surface area contributed by atoms with Gasteiger partial charge >= 0.3 is 5.97 Å². The monoisotopic (exact) mass is 255 g/mol. The highest BCUT2D eigenvalue weighted by Crippen LogP contribution is 2.31. The lowest BCUT2D eigenvalue weighted by atomic mass is 9.90. The summed E-state index contributed by atoms with van der Waals surface area (Å²) in [6.45, 7) is 8.52. The summed E-state index contributed by atoms with van der Waals surface area (Å²) in [5.74, 6) is -0.740. The lowest BCUT2D eigenvalue weighted by molar-refractivity contribution is -0.136. The molecule has 0 spiro atoms. The van der Waals surface area contributed by atoms with E-state index in [2.05, 4.69) is 32.7 Å². The number of carbonyl (C=O) groups is 1. The molecule has 0 aromatic carbocycles. The van der Waals surface area contributed by atoms with Crippen molar-refractivity contribution in [3.8, 4) is 0 Å². The maximum atomic E-state index is 10.7. The molecular formula is C13H21NO2S. The Bertz CT molecular complexity index is 391. The molecule has 1 aromatic heterocycles. The zero-order valence-corrected chi connectivity index (χ0v) is 11.9. The molecule has 0 unspecified atom stereocenters. The molecule has 3 nitrogen and oxygen atoms in total. The van der Waals surface area contributed by atoms with Gasteiger partial charge < -0.3 is 5.11 Å². The Morgan fingerprint density at radius 2 is 2.00 bits per heavy atom. The van der Waals surface area contributed by atoms with Crippen LogP contribution in [0.2, 0.25) is 0 Å². The quantitative estimate of drug-likeness (QED) is 0.877. The number of aliphatic carboxylic acids is 1. The maximum Gasteiger partial charge on any atom is 0.303 e. The summed E-state index contributed by atoms with van der Waals surface area (Å²) in [7, 11) is 0. The summed E-state index contributed by atoms with van der Waals surface area (Å²) in [5.41, 5.74) is 1.07. The predicted octanol–water partition coefficient (Wildman–Crippen LogP) is 3.41. The van der Waals surface area contributed by atoms with Gasteiger partial charge in [-0.2, -0.15) is 0 Å². The second-order valence-corrected chi connectivity index (χ2v) is 6.44. The lowest BCUT2D eigenvalue weighted by Crippen LogP contribution is -2.14. The fourth-order valence-corrected chi connectivity index (χ4v) is 3.08. The van der Waals surface area contributed by atoms with Crippen molar-refractivity contribution in [3.05, 3.63) is 15.6 Å². The fourth-order valence-electron chi connectivity index (χ4n) is 1.70. The first-order valence-electron chi connectivity index (χ1n) is 6.05. The van der Waals surface area contributed by atoms with Gasteiger partial charge in [0, 0.05) is 10.3 Å². The van der Waals surface area contributed by atoms with Crippen LogP contribution in [0.15, 0.2) is 0 Å². The summed E-state index contributed by atoms with van der Waals surface area (Å²) >= 11 is 1.68. The number of hydrogen-bond donors (Lipinski definition) is 1. The highest BCUT2D eigenvalue weighted by atomic mass is 32.1. The molecule has 0 radical (unpaired) electrons. The van der Waals surface area contributed by atoms with Gasteiger partial charge in [0.25, 0.3) is 0 Å². The zero-order chi connectivity index (χ0) is 13.1. The van der Waals surface area contributed by atoms with Crippen molar-refractivity contribution in [1.82, 2.24) is 4.98 Å². The van der Waals surface area contributed by atoms with E-state index in [4.69, 9.17) is 5.11 Å². The highest BCUT2D eigenvalue weighted by Gasteiger charge is 2.23. The molecule has 0 fully saturated rings. The Morgan fingerprint density at radius 1 is 1.35 bits per heavy atom. The first-order valence-corrected chi connectivity index (χ1v) is 6.87. The number of thiazole rings is 1. The molecule has 0 bridgehead atoms. The van der Waals surface area contributed by atoms with Gasteiger partial charge in [0.05, 0.1) is 17.1 Å². The fraction of sp³-hybridized carbons (Fsp3) is 0.692. The Morgan fingerprint density at radius 3 is 2.47 bits per heavy atom. The molecule has 0 saturated heterocycles. The Balaban J connectivity index is 2.95. The molecule has 0 aliphatic carbocycles. The van der Waals surface area contributed by atoms with E-state index in [0.717, 1.165) is 28.4 Å². The minimum Gasteiger partial charge on any atom is -0.481 e. The Kier molecular flexibility index (Phi) is 4.69. The zero-order valence-electron chi connectivity index (χ0n) is 11.0. The lowest BCUT2D eigenvalue weighted by Gasteiger charge is -2.17. The number of aromatic nitrogens is 1. The van der Waals surface area contributed by atoms with Crippen LogP contribution < -0.4 is 0 Å². The first kappa shape index (κ1) is 14.2. The molecule has 4 heteroatoms. The average Bonchev–Trinajstić information content (AvgIpc) is 2.58. The average molecular weight is 255 g/mol.